The lowest BCUT2D eigenvalue weighted by Crippen LogP contribution is -2.63. The highest BCUT2D eigenvalue weighted by molar-refractivity contribution is 5.84. The summed E-state index contributed by atoms with van der Waals surface area (Å²) >= 11 is 0. The molecule has 0 bridgehead atoms. The Hall–Kier alpha value is -1.39. The van der Waals surface area contributed by atoms with Crippen molar-refractivity contribution in [1.29, 1.82) is 0 Å². The lowest BCUT2D eigenvalue weighted by Gasteiger charge is -2.46. The highest BCUT2D eigenvalue weighted by Gasteiger charge is 2.40. The fourth-order valence-electron chi connectivity index (χ4n) is 3.23. The number of likely N-dealkylation sites (N-methyl/N-ethyl adjacent to an activating group) is 1. The molecule has 2 fully saturated rings. The predicted octanol–water partition coefficient (Wildman–Crippen LogP) is 0.782. The highest BCUT2D eigenvalue weighted by atomic mass is 16.2. The van der Waals surface area contributed by atoms with Gasteiger partial charge in [0.25, 0.3) is 0 Å². The lowest BCUT2D eigenvalue weighted by molar-refractivity contribution is -0.146. The molecule has 1 aromatic rings. The normalized spacial score (nSPS) is 28.3. The van der Waals surface area contributed by atoms with E-state index in [0.29, 0.717) is 6.04 Å². The largest absolute Gasteiger partial charge is 0.334 e. The molecule has 0 radical (unpaired) electrons. The van der Waals surface area contributed by atoms with Gasteiger partial charge < -0.3 is 10.2 Å². The van der Waals surface area contributed by atoms with Crippen LogP contribution in [-0.4, -0.2) is 55.0 Å². The van der Waals surface area contributed by atoms with Crippen LogP contribution in [-0.2, 0) is 4.79 Å². The van der Waals surface area contributed by atoms with Crippen molar-refractivity contribution in [3.8, 4) is 0 Å². The third-order valence-corrected chi connectivity index (χ3v) is 4.16. The van der Waals surface area contributed by atoms with Gasteiger partial charge in [0.2, 0.25) is 5.91 Å². The van der Waals surface area contributed by atoms with Gasteiger partial charge >= 0.3 is 0 Å². The Bertz CT molecular complexity index is 488. The second-order valence-electron chi connectivity index (χ2n) is 5.65. The van der Waals surface area contributed by atoms with E-state index < -0.39 is 0 Å². The first-order valence-corrected chi connectivity index (χ1v) is 6.95. The molecule has 2 unspecified atom stereocenters. The Morgan fingerprint density at radius 2 is 2.21 bits per heavy atom. The highest BCUT2D eigenvalue weighted by Crippen LogP contribution is 2.28. The number of nitrogens with zero attached hydrogens (tertiary/aromatic N) is 2. The summed E-state index contributed by atoms with van der Waals surface area (Å²) in [5, 5.41) is 3.37. The molecule has 1 N–H and O–H groups in total. The fraction of sp³-hybridized carbons (Fsp3) is 0.533. The Morgan fingerprint density at radius 3 is 3.00 bits per heavy atom. The van der Waals surface area contributed by atoms with Crippen molar-refractivity contribution < 1.29 is 4.79 Å². The molecule has 1 aromatic carbocycles. The van der Waals surface area contributed by atoms with Crippen molar-refractivity contribution in [2.45, 2.75) is 19.0 Å². The Morgan fingerprint density at radius 1 is 1.37 bits per heavy atom. The molecule has 2 aliphatic rings. The monoisotopic (exact) mass is 259 g/mol. The first-order chi connectivity index (χ1) is 9.16. The Kier molecular flexibility index (Phi) is 3.29. The standard InChI is InChI=1S/C15H21N3O/c1-11-4-3-5-12(8-11)14-15(19)18-7-6-16-9-13(18)10-17(14)2/h3-5,8,13-14,16H,6-7,9-10H2,1-2H3. The Labute approximate surface area is 114 Å². The van der Waals surface area contributed by atoms with Gasteiger partial charge in [0.1, 0.15) is 6.04 Å². The third-order valence-electron chi connectivity index (χ3n) is 4.16. The predicted molar refractivity (Wildman–Crippen MR) is 74.9 cm³/mol. The van der Waals surface area contributed by atoms with Crippen molar-refractivity contribution in [2.24, 2.45) is 0 Å². The molecule has 2 atom stereocenters. The van der Waals surface area contributed by atoms with E-state index in [2.05, 4.69) is 47.3 Å². The molecule has 4 nitrogen and oxygen atoms in total. The number of carbonyl (C=O) groups excluding carboxylic acids is 1. The first-order valence-electron chi connectivity index (χ1n) is 6.95. The van der Waals surface area contributed by atoms with Crippen LogP contribution >= 0.6 is 0 Å². The van der Waals surface area contributed by atoms with Crippen LogP contribution in [0.15, 0.2) is 24.3 Å². The molecule has 0 aromatic heterocycles. The molecular formula is C15H21N3O. The van der Waals surface area contributed by atoms with Gasteiger partial charge in [-0.2, -0.15) is 0 Å². The van der Waals surface area contributed by atoms with Crippen molar-refractivity contribution in [1.82, 2.24) is 15.1 Å². The molecule has 2 saturated heterocycles. The number of amides is 1. The van der Waals surface area contributed by atoms with Gasteiger partial charge in [-0.15, -0.1) is 0 Å². The average Bonchev–Trinajstić information content (AvgIpc) is 2.39. The number of hydrogen-bond donors (Lipinski definition) is 1. The smallest absolute Gasteiger partial charge is 0.244 e. The minimum Gasteiger partial charge on any atom is -0.334 e. The molecule has 2 aliphatic heterocycles. The number of carbonyl (C=O) groups is 1. The topological polar surface area (TPSA) is 35.6 Å². The van der Waals surface area contributed by atoms with Gasteiger partial charge in [0.05, 0.1) is 6.04 Å². The summed E-state index contributed by atoms with van der Waals surface area (Å²) in [5.41, 5.74) is 2.32. The minimum atomic E-state index is -0.116. The molecular weight excluding hydrogens is 238 g/mol. The molecule has 19 heavy (non-hydrogen) atoms. The van der Waals surface area contributed by atoms with Crippen LogP contribution in [0.25, 0.3) is 0 Å². The van der Waals surface area contributed by atoms with E-state index in [1.54, 1.807) is 0 Å². The first kappa shape index (κ1) is 12.6. The van der Waals surface area contributed by atoms with E-state index >= 15 is 0 Å². The number of nitrogens with one attached hydrogen (secondary N) is 1. The molecule has 102 valence electrons. The van der Waals surface area contributed by atoms with E-state index in [9.17, 15) is 4.79 Å². The van der Waals surface area contributed by atoms with Gasteiger partial charge in [-0.1, -0.05) is 29.8 Å². The summed E-state index contributed by atoms with van der Waals surface area (Å²) in [6.45, 7) is 5.67. The van der Waals surface area contributed by atoms with E-state index in [-0.39, 0.29) is 11.9 Å². The zero-order valence-electron chi connectivity index (χ0n) is 11.6. The van der Waals surface area contributed by atoms with Gasteiger partial charge in [-0.05, 0) is 19.5 Å². The minimum absolute atomic E-state index is 0.116. The molecule has 3 rings (SSSR count). The van der Waals surface area contributed by atoms with Crippen molar-refractivity contribution in [3.63, 3.8) is 0 Å². The average molecular weight is 259 g/mol. The van der Waals surface area contributed by atoms with Crippen molar-refractivity contribution in [2.75, 3.05) is 33.2 Å². The van der Waals surface area contributed by atoms with Crippen molar-refractivity contribution in [3.05, 3.63) is 35.4 Å². The summed E-state index contributed by atoms with van der Waals surface area (Å²) in [6.07, 6.45) is 0. The van der Waals surface area contributed by atoms with Crippen LogP contribution in [0.2, 0.25) is 0 Å². The van der Waals surface area contributed by atoms with Crippen LogP contribution in [0.5, 0.6) is 0 Å². The van der Waals surface area contributed by atoms with Gasteiger partial charge in [-0.25, -0.2) is 0 Å². The Balaban J connectivity index is 1.90. The molecule has 1 amide bonds. The van der Waals surface area contributed by atoms with E-state index in [0.717, 1.165) is 31.7 Å². The molecule has 2 heterocycles. The third kappa shape index (κ3) is 2.26. The van der Waals surface area contributed by atoms with Gasteiger partial charge in [-0.3, -0.25) is 9.69 Å². The number of piperazine rings is 2. The maximum atomic E-state index is 12.7. The second kappa shape index (κ2) is 4.94. The molecule has 0 spiro atoms. The summed E-state index contributed by atoms with van der Waals surface area (Å²) in [7, 11) is 2.05. The van der Waals surface area contributed by atoms with Crippen LogP contribution in [0.4, 0.5) is 0 Å². The maximum absolute atomic E-state index is 12.7. The molecule has 4 heteroatoms. The quantitative estimate of drug-likeness (QED) is 0.809. The number of benzene rings is 1. The SMILES string of the molecule is Cc1cccc(C2C(=O)N3CCNCC3CN2C)c1. The van der Waals surface area contributed by atoms with Crippen LogP contribution in [0.3, 0.4) is 0 Å². The van der Waals surface area contributed by atoms with E-state index in [1.807, 2.05) is 6.07 Å². The lowest BCUT2D eigenvalue weighted by atomic mass is 9.97. The number of fused-ring (bicyclic) bond motifs is 1. The zero-order chi connectivity index (χ0) is 13.4. The number of rotatable bonds is 1. The number of aryl methyl sites for hydroxylation is 1. The number of hydrogen-bond acceptors (Lipinski definition) is 3. The molecule has 0 saturated carbocycles. The summed E-state index contributed by atoms with van der Waals surface area (Å²) in [6, 6.07) is 8.51. The maximum Gasteiger partial charge on any atom is 0.244 e. The zero-order valence-corrected chi connectivity index (χ0v) is 11.6. The fourth-order valence-corrected chi connectivity index (χ4v) is 3.23. The van der Waals surface area contributed by atoms with Crippen molar-refractivity contribution >= 4 is 5.91 Å². The van der Waals surface area contributed by atoms with Crippen LogP contribution < -0.4 is 5.32 Å². The van der Waals surface area contributed by atoms with Gasteiger partial charge in [0.15, 0.2) is 0 Å². The molecule has 0 aliphatic carbocycles. The van der Waals surface area contributed by atoms with Crippen LogP contribution in [0, 0.1) is 6.92 Å². The van der Waals surface area contributed by atoms with Crippen LogP contribution in [0.1, 0.15) is 17.2 Å². The summed E-state index contributed by atoms with van der Waals surface area (Å²) < 4.78 is 0. The summed E-state index contributed by atoms with van der Waals surface area (Å²) in [5.74, 6) is 0.255. The van der Waals surface area contributed by atoms with E-state index in [1.165, 1.54) is 5.56 Å². The van der Waals surface area contributed by atoms with E-state index in [4.69, 9.17) is 0 Å². The van der Waals surface area contributed by atoms with Gasteiger partial charge in [0, 0.05) is 26.2 Å². The summed E-state index contributed by atoms with van der Waals surface area (Å²) in [4.78, 5) is 17.0. The second-order valence-corrected chi connectivity index (χ2v) is 5.65.